The van der Waals surface area contributed by atoms with E-state index < -0.39 is 27.6 Å². The maximum atomic E-state index is 13.6. The molecule has 35 heavy (non-hydrogen) atoms. The molecular weight excluding hydrogens is 487 g/mol. The van der Waals surface area contributed by atoms with Gasteiger partial charge in [0.25, 0.3) is 0 Å². The predicted octanol–water partition coefficient (Wildman–Crippen LogP) is 3.14. The van der Waals surface area contributed by atoms with Crippen molar-refractivity contribution < 1.29 is 26.4 Å². The van der Waals surface area contributed by atoms with Crippen LogP contribution in [-0.4, -0.2) is 42.6 Å². The van der Waals surface area contributed by atoms with Crippen molar-refractivity contribution in [3.05, 3.63) is 59.5 Å². The third-order valence-corrected chi connectivity index (χ3v) is 6.47. The monoisotopic (exact) mass is 507 g/mol. The van der Waals surface area contributed by atoms with Gasteiger partial charge in [0.05, 0.1) is 35.9 Å². The van der Waals surface area contributed by atoms with E-state index in [1.165, 1.54) is 25.5 Å². The molecule has 0 aliphatic carbocycles. The van der Waals surface area contributed by atoms with E-state index in [1.54, 1.807) is 18.2 Å². The van der Waals surface area contributed by atoms with Gasteiger partial charge in [-0.25, -0.2) is 13.4 Å². The van der Waals surface area contributed by atoms with Crippen molar-refractivity contribution in [2.45, 2.75) is 19.1 Å². The number of aromatic nitrogens is 3. The summed E-state index contributed by atoms with van der Waals surface area (Å²) in [6, 6.07) is 6.60. The Balaban J connectivity index is 1.64. The number of sulfonamides is 1. The van der Waals surface area contributed by atoms with Gasteiger partial charge in [0, 0.05) is 26.0 Å². The molecule has 0 spiro atoms. The summed E-state index contributed by atoms with van der Waals surface area (Å²) in [5.74, 6) is -0.827. The minimum atomic E-state index is -4.74. The fourth-order valence-electron chi connectivity index (χ4n) is 3.47. The van der Waals surface area contributed by atoms with Gasteiger partial charge in [-0.05, 0) is 23.3 Å². The van der Waals surface area contributed by atoms with Crippen molar-refractivity contribution in [2.75, 3.05) is 33.6 Å². The van der Waals surface area contributed by atoms with Crippen molar-refractivity contribution in [2.24, 2.45) is 0 Å². The van der Waals surface area contributed by atoms with E-state index in [0.29, 0.717) is 23.1 Å². The Hall–Kier alpha value is -3.94. The number of hydrogen-bond donors (Lipinski definition) is 3. The largest absolute Gasteiger partial charge is 0.421 e. The lowest BCUT2D eigenvalue weighted by atomic mass is 10.1. The highest BCUT2D eigenvalue weighted by Gasteiger charge is 2.35. The Morgan fingerprint density at radius 3 is 2.69 bits per heavy atom. The van der Waals surface area contributed by atoms with Crippen LogP contribution in [0.1, 0.15) is 16.7 Å². The number of anilines is 5. The van der Waals surface area contributed by atoms with Crippen LogP contribution in [0.5, 0.6) is 0 Å². The summed E-state index contributed by atoms with van der Waals surface area (Å²) in [5, 5.41) is 8.19. The number of para-hydroxylation sites is 1. The highest BCUT2D eigenvalue weighted by Crippen LogP contribution is 2.36. The number of carbonyl (C=O) groups excluding carboxylic acids is 1. The molecular formula is C21H20F3N7O3S. The Morgan fingerprint density at radius 1 is 1.20 bits per heavy atom. The molecule has 0 radical (unpaired) electrons. The van der Waals surface area contributed by atoms with Crippen LogP contribution in [0.3, 0.4) is 0 Å². The highest BCUT2D eigenvalue weighted by molar-refractivity contribution is 7.92. The van der Waals surface area contributed by atoms with E-state index >= 15 is 0 Å². The fourth-order valence-corrected chi connectivity index (χ4v) is 3.99. The third-order valence-electron chi connectivity index (χ3n) is 5.28. The molecule has 3 aromatic rings. The quantitative estimate of drug-likeness (QED) is 0.445. The molecule has 0 atom stereocenters. The van der Waals surface area contributed by atoms with E-state index in [2.05, 4.69) is 30.9 Å². The zero-order valence-corrected chi connectivity index (χ0v) is 19.3. The average Bonchev–Trinajstić information content (AvgIpc) is 3.17. The smallest absolute Gasteiger partial charge is 0.365 e. The summed E-state index contributed by atoms with van der Waals surface area (Å²) in [6.07, 6.45) is -0.187. The summed E-state index contributed by atoms with van der Waals surface area (Å²) in [7, 11) is -2.30. The number of nitrogens with one attached hydrogen (secondary N) is 3. The number of nitrogens with zero attached hydrogens (tertiary/aromatic N) is 4. The standard InChI is InChI=1S/C21H20F3N7O3S/c1-31(35(2,33)34)16-11-25-7-6-13(16)9-26-19-14(21(22,23)24)10-27-20(30-19)28-15-5-3-4-12-8-17(32)29-18(12)15/h3-7,10-11H,8-9H2,1-2H3,(H,29,32)(H2,26,27,28,30). The summed E-state index contributed by atoms with van der Waals surface area (Å²) >= 11 is 0. The van der Waals surface area contributed by atoms with Gasteiger partial charge in [0.15, 0.2) is 0 Å². The first kappa shape index (κ1) is 24.2. The SMILES string of the molecule is CN(c1cnccc1CNc1nc(Nc2cccc3c2NC(=O)C3)ncc1C(F)(F)F)S(C)(=O)=O. The normalized spacial score (nSPS) is 13.2. The number of pyridine rings is 1. The second-order valence-electron chi connectivity index (χ2n) is 7.73. The number of fused-ring (bicyclic) bond motifs is 1. The van der Waals surface area contributed by atoms with Crippen LogP contribution in [0.4, 0.5) is 42.0 Å². The molecule has 0 bridgehead atoms. The van der Waals surface area contributed by atoms with Crippen LogP contribution in [-0.2, 0) is 34.0 Å². The Labute approximate surface area is 198 Å². The zero-order valence-electron chi connectivity index (χ0n) is 18.5. The maximum Gasteiger partial charge on any atom is 0.421 e. The Morgan fingerprint density at radius 2 is 1.97 bits per heavy atom. The van der Waals surface area contributed by atoms with Gasteiger partial charge in [-0.2, -0.15) is 18.2 Å². The average molecular weight is 507 g/mol. The van der Waals surface area contributed by atoms with Crippen LogP contribution in [0.2, 0.25) is 0 Å². The summed E-state index contributed by atoms with van der Waals surface area (Å²) < 4.78 is 65.8. The molecule has 4 rings (SSSR count). The number of carbonyl (C=O) groups is 1. The van der Waals surface area contributed by atoms with E-state index in [4.69, 9.17) is 0 Å². The Bertz CT molecular complexity index is 1400. The Kier molecular flexibility index (Phi) is 6.23. The first-order valence-electron chi connectivity index (χ1n) is 10.2. The molecule has 1 aromatic carbocycles. The molecule has 1 aliphatic rings. The van der Waals surface area contributed by atoms with E-state index in [9.17, 15) is 26.4 Å². The third kappa shape index (κ3) is 5.26. The second kappa shape index (κ2) is 9.02. The minimum Gasteiger partial charge on any atom is -0.365 e. The number of alkyl halides is 3. The fraction of sp³-hybridized carbons (Fsp3) is 0.238. The number of amides is 1. The molecule has 0 unspecified atom stereocenters. The molecule has 1 aliphatic heterocycles. The van der Waals surface area contributed by atoms with Crippen LogP contribution in [0, 0.1) is 0 Å². The minimum absolute atomic E-state index is 0.127. The topological polar surface area (TPSA) is 129 Å². The van der Waals surface area contributed by atoms with Gasteiger partial charge in [-0.1, -0.05) is 12.1 Å². The van der Waals surface area contributed by atoms with Gasteiger partial charge in [0.1, 0.15) is 11.4 Å². The number of hydrogen-bond acceptors (Lipinski definition) is 8. The summed E-state index contributed by atoms with van der Waals surface area (Å²) in [4.78, 5) is 23.4. The van der Waals surface area contributed by atoms with Gasteiger partial charge >= 0.3 is 6.18 Å². The lowest BCUT2D eigenvalue weighted by molar-refractivity contribution is -0.137. The highest BCUT2D eigenvalue weighted by atomic mass is 32.2. The molecule has 2 aromatic heterocycles. The van der Waals surface area contributed by atoms with Crippen molar-refractivity contribution in [1.29, 1.82) is 0 Å². The predicted molar refractivity (Wildman–Crippen MR) is 124 cm³/mol. The van der Waals surface area contributed by atoms with Gasteiger partial charge < -0.3 is 16.0 Å². The number of benzene rings is 1. The van der Waals surface area contributed by atoms with Crippen molar-refractivity contribution in [3.63, 3.8) is 0 Å². The van der Waals surface area contributed by atoms with E-state index in [-0.39, 0.29) is 30.5 Å². The van der Waals surface area contributed by atoms with Crippen molar-refractivity contribution >= 4 is 44.8 Å². The maximum absolute atomic E-state index is 13.6. The molecule has 10 nitrogen and oxygen atoms in total. The molecule has 0 saturated heterocycles. The molecule has 184 valence electrons. The second-order valence-corrected chi connectivity index (χ2v) is 9.75. The zero-order chi connectivity index (χ0) is 25.4. The molecule has 3 N–H and O–H groups in total. The molecule has 0 fully saturated rings. The molecule has 1 amide bonds. The number of rotatable bonds is 7. The number of halogens is 3. The van der Waals surface area contributed by atoms with Crippen molar-refractivity contribution in [3.8, 4) is 0 Å². The molecule has 14 heteroatoms. The van der Waals surface area contributed by atoms with E-state index in [0.717, 1.165) is 16.1 Å². The first-order chi connectivity index (χ1) is 16.4. The van der Waals surface area contributed by atoms with Gasteiger partial charge in [-0.15, -0.1) is 0 Å². The lowest BCUT2D eigenvalue weighted by Gasteiger charge is -2.20. The summed E-state index contributed by atoms with van der Waals surface area (Å²) in [6.45, 7) is -0.173. The molecule has 3 heterocycles. The van der Waals surface area contributed by atoms with Gasteiger partial charge in [-0.3, -0.25) is 14.1 Å². The summed E-state index contributed by atoms with van der Waals surface area (Å²) in [5.41, 5.74) is 1.19. The van der Waals surface area contributed by atoms with Crippen molar-refractivity contribution in [1.82, 2.24) is 15.0 Å². The van der Waals surface area contributed by atoms with Gasteiger partial charge in [0.2, 0.25) is 21.9 Å². The van der Waals surface area contributed by atoms with Crippen LogP contribution >= 0.6 is 0 Å². The lowest BCUT2D eigenvalue weighted by Crippen LogP contribution is -2.26. The van der Waals surface area contributed by atoms with E-state index in [1.807, 2.05) is 0 Å². The first-order valence-corrected chi connectivity index (χ1v) is 12.0. The van der Waals surface area contributed by atoms with Crippen LogP contribution in [0.15, 0.2) is 42.9 Å². The molecule has 0 saturated carbocycles. The van der Waals surface area contributed by atoms with Crippen LogP contribution < -0.4 is 20.3 Å². The van der Waals surface area contributed by atoms with Crippen LogP contribution in [0.25, 0.3) is 0 Å².